The van der Waals surface area contributed by atoms with Gasteiger partial charge in [-0.1, -0.05) is 13.8 Å². The first-order valence-corrected chi connectivity index (χ1v) is 5.89. The van der Waals surface area contributed by atoms with Crippen LogP contribution >= 0.6 is 0 Å². The number of pyridine rings is 1. The molecule has 1 aromatic heterocycles. The SMILES string of the molecule is CC(C)CN(CCC#N)C(=O)c1c[nH]ccc1=O. The van der Waals surface area contributed by atoms with E-state index in [9.17, 15) is 9.59 Å². The fraction of sp³-hybridized carbons (Fsp3) is 0.462. The minimum atomic E-state index is -0.319. The highest BCUT2D eigenvalue weighted by Gasteiger charge is 2.18. The number of carbonyl (C=O) groups excluding carboxylic acids is 1. The van der Waals surface area contributed by atoms with Gasteiger partial charge in [0.05, 0.1) is 12.5 Å². The van der Waals surface area contributed by atoms with Crippen molar-refractivity contribution in [2.75, 3.05) is 13.1 Å². The average molecular weight is 247 g/mol. The zero-order valence-corrected chi connectivity index (χ0v) is 10.6. The van der Waals surface area contributed by atoms with E-state index in [4.69, 9.17) is 5.26 Å². The highest BCUT2D eigenvalue weighted by Crippen LogP contribution is 2.05. The van der Waals surface area contributed by atoms with Gasteiger partial charge in [-0.25, -0.2) is 0 Å². The number of H-pyrrole nitrogens is 1. The molecule has 96 valence electrons. The van der Waals surface area contributed by atoms with E-state index in [1.165, 1.54) is 18.5 Å². The van der Waals surface area contributed by atoms with Crippen LogP contribution < -0.4 is 5.43 Å². The second kappa shape index (κ2) is 6.60. The van der Waals surface area contributed by atoms with Crippen molar-refractivity contribution in [1.29, 1.82) is 5.26 Å². The number of aromatic nitrogens is 1. The summed E-state index contributed by atoms with van der Waals surface area (Å²) in [6.45, 7) is 4.86. The van der Waals surface area contributed by atoms with E-state index in [1.807, 2.05) is 19.9 Å². The summed E-state index contributed by atoms with van der Waals surface area (Å²) in [5.41, 5.74) is -0.180. The summed E-state index contributed by atoms with van der Waals surface area (Å²) in [7, 11) is 0. The molecule has 0 aliphatic rings. The van der Waals surface area contributed by atoms with Crippen LogP contribution in [0.3, 0.4) is 0 Å². The summed E-state index contributed by atoms with van der Waals surface area (Å²) in [6.07, 6.45) is 3.16. The molecule has 0 fully saturated rings. The van der Waals surface area contributed by atoms with Gasteiger partial charge in [0.25, 0.3) is 5.91 Å². The minimum Gasteiger partial charge on any atom is -0.367 e. The van der Waals surface area contributed by atoms with Gasteiger partial charge in [0.2, 0.25) is 0 Å². The van der Waals surface area contributed by atoms with E-state index in [1.54, 1.807) is 4.90 Å². The molecule has 0 aliphatic carbocycles. The van der Waals surface area contributed by atoms with Crippen LogP contribution in [0.2, 0.25) is 0 Å². The van der Waals surface area contributed by atoms with Crippen molar-refractivity contribution in [3.05, 3.63) is 34.2 Å². The summed E-state index contributed by atoms with van der Waals surface area (Å²) in [6, 6.07) is 3.34. The monoisotopic (exact) mass is 247 g/mol. The molecule has 0 bridgehead atoms. The molecule has 18 heavy (non-hydrogen) atoms. The zero-order chi connectivity index (χ0) is 13.5. The number of nitriles is 1. The van der Waals surface area contributed by atoms with Crippen LogP contribution in [0.25, 0.3) is 0 Å². The van der Waals surface area contributed by atoms with Crippen molar-refractivity contribution >= 4 is 5.91 Å². The number of nitrogens with zero attached hydrogens (tertiary/aromatic N) is 2. The van der Waals surface area contributed by atoms with Gasteiger partial charge in [-0.05, 0) is 5.92 Å². The molecule has 0 atom stereocenters. The third-order valence-electron chi connectivity index (χ3n) is 2.42. The summed E-state index contributed by atoms with van der Waals surface area (Å²) >= 11 is 0. The molecule has 0 radical (unpaired) electrons. The number of carbonyl (C=O) groups is 1. The molecule has 0 saturated carbocycles. The summed E-state index contributed by atoms with van der Waals surface area (Å²) in [5, 5.41) is 8.60. The molecular formula is C13H17N3O2. The van der Waals surface area contributed by atoms with E-state index in [0.717, 1.165) is 0 Å². The van der Waals surface area contributed by atoms with Gasteiger partial charge < -0.3 is 9.88 Å². The molecular weight excluding hydrogens is 230 g/mol. The fourth-order valence-corrected chi connectivity index (χ4v) is 1.66. The second-order valence-electron chi connectivity index (χ2n) is 4.48. The van der Waals surface area contributed by atoms with E-state index in [2.05, 4.69) is 4.98 Å². The van der Waals surface area contributed by atoms with Crippen molar-refractivity contribution in [2.24, 2.45) is 5.92 Å². The van der Waals surface area contributed by atoms with Gasteiger partial charge in [-0.3, -0.25) is 9.59 Å². The smallest absolute Gasteiger partial charge is 0.259 e. The topological polar surface area (TPSA) is 77.0 Å². The van der Waals surface area contributed by atoms with Crippen molar-refractivity contribution in [3.8, 4) is 6.07 Å². The maximum atomic E-state index is 12.2. The normalized spacial score (nSPS) is 10.1. The van der Waals surface area contributed by atoms with Gasteiger partial charge in [0, 0.05) is 31.5 Å². The van der Waals surface area contributed by atoms with Crippen LogP contribution in [0.4, 0.5) is 0 Å². The Kier molecular flexibility index (Phi) is 5.12. The first kappa shape index (κ1) is 14.0. The van der Waals surface area contributed by atoms with Crippen LogP contribution in [-0.4, -0.2) is 28.9 Å². The van der Waals surface area contributed by atoms with Gasteiger partial charge in [0.15, 0.2) is 5.43 Å². The van der Waals surface area contributed by atoms with Crippen molar-refractivity contribution in [3.63, 3.8) is 0 Å². The molecule has 1 heterocycles. The highest BCUT2D eigenvalue weighted by atomic mass is 16.2. The molecule has 5 heteroatoms. The summed E-state index contributed by atoms with van der Waals surface area (Å²) in [5.74, 6) is -0.0313. The van der Waals surface area contributed by atoms with Crippen molar-refractivity contribution in [2.45, 2.75) is 20.3 Å². The fourth-order valence-electron chi connectivity index (χ4n) is 1.66. The van der Waals surface area contributed by atoms with Crippen molar-refractivity contribution < 1.29 is 4.79 Å². The lowest BCUT2D eigenvalue weighted by Gasteiger charge is -2.23. The van der Waals surface area contributed by atoms with E-state index in [0.29, 0.717) is 13.1 Å². The Morgan fingerprint density at radius 3 is 2.83 bits per heavy atom. The quantitative estimate of drug-likeness (QED) is 0.854. The maximum absolute atomic E-state index is 12.2. The molecule has 1 aromatic rings. The van der Waals surface area contributed by atoms with E-state index in [-0.39, 0.29) is 29.2 Å². The Bertz CT molecular complexity index is 499. The standard InChI is InChI=1S/C13H17N3O2/c1-10(2)9-16(7-3-5-14)13(18)11-8-15-6-4-12(11)17/h4,6,8,10H,3,7,9H2,1-2H3,(H,15,17). The van der Waals surface area contributed by atoms with E-state index >= 15 is 0 Å². The second-order valence-corrected chi connectivity index (χ2v) is 4.48. The van der Waals surface area contributed by atoms with Crippen molar-refractivity contribution in [1.82, 2.24) is 9.88 Å². The van der Waals surface area contributed by atoms with Crippen LogP contribution in [0.15, 0.2) is 23.3 Å². The number of rotatable bonds is 5. The van der Waals surface area contributed by atoms with Gasteiger partial charge in [0.1, 0.15) is 5.56 Å². The van der Waals surface area contributed by atoms with Gasteiger partial charge >= 0.3 is 0 Å². The molecule has 0 saturated heterocycles. The van der Waals surface area contributed by atoms with Gasteiger partial charge in [-0.2, -0.15) is 5.26 Å². The Morgan fingerprint density at radius 2 is 2.28 bits per heavy atom. The van der Waals surface area contributed by atoms with E-state index < -0.39 is 0 Å². The Morgan fingerprint density at radius 1 is 1.56 bits per heavy atom. The molecule has 0 aliphatic heterocycles. The largest absolute Gasteiger partial charge is 0.367 e. The third-order valence-corrected chi connectivity index (χ3v) is 2.42. The summed E-state index contributed by atoms with van der Waals surface area (Å²) in [4.78, 5) is 28.1. The zero-order valence-electron chi connectivity index (χ0n) is 10.6. The summed E-state index contributed by atoms with van der Waals surface area (Å²) < 4.78 is 0. The predicted molar refractivity (Wildman–Crippen MR) is 68.0 cm³/mol. The Hall–Kier alpha value is -2.09. The Balaban J connectivity index is 2.92. The number of nitrogens with one attached hydrogen (secondary N) is 1. The molecule has 5 nitrogen and oxygen atoms in total. The lowest BCUT2D eigenvalue weighted by molar-refractivity contribution is 0.0738. The molecule has 1 amide bonds. The number of amides is 1. The lowest BCUT2D eigenvalue weighted by atomic mass is 10.1. The number of hydrogen-bond acceptors (Lipinski definition) is 3. The minimum absolute atomic E-state index is 0.121. The molecule has 0 spiro atoms. The Labute approximate surface area is 106 Å². The highest BCUT2D eigenvalue weighted by molar-refractivity contribution is 5.93. The number of aromatic amines is 1. The lowest BCUT2D eigenvalue weighted by Crippen LogP contribution is -2.37. The van der Waals surface area contributed by atoms with Crippen LogP contribution in [0.1, 0.15) is 30.6 Å². The maximum Gasteiger partial charge on any atom is 0.259 e. The average Bonchev–Trinajstić information content (AvgIpc) is 2.34. The molecule has 0 unspecified atom stereocenters. The molecule has 0 aromatic carbocycles. The first-order chi connectivity index (χ1) is 8.56. The number of hydrogen-bond donors (Lipinski definition) is 1. The van der Waals surface area contributed by atoms with Crippen LogP contribution in [0, 0.1) is 17.2 Å². The van der Waals surface area contributed by atoms with Gasteiger partial charge in [-0.15, -0.1) is 0 Å². The third kappa shape index (κ3) is 3.74. The first-order valence-electron chi connectivity index (χ1n) is 5.89. The van der Waals surface area contributed by atoms with Crippen LogP contribution in [0.5, 0.6) is 0 Å². The molecule has 1 N–H and O–H groups in total. The molecule has 1 rings (SSSR count). The predicted octanol–water partition coefficient (Wildman–Crippen LogP) is 1.39. The van der Waals surface area contributed by atoms with Crippen LogP contribution in [-0.2, 0) is 0 Å².